The predicted molar refractivity (Wildman–Crippen MR) is 267 cm³/mol. The summed E-state index contributed by atoms with van der Waals surface area (Å²) >= 11 is 5.69. The Labute approximate surface area is 471 Å². The number of benzene rings is 2. The molecule has 2 aliphatic heterocycles. The van der Waals surface area contributed by atoms with Gasteiger partial charge in [0, 0.05) is 49.7 Å². The summed E-state index contributed by atoms with van der Waals surface area (Å²) in [5.41, 5.74) is 13.6. The fourth-order valence-corrected chi connectivity index (χ4v) is 10.2. The van der Waals surface area contributed by atoms with Gasteiger partial charge in [-0.15, -0.1) is 43.1 Å². The number of rotatable bonds is 6. The monoisotopic (exact) mass is 1180 g/mol. The third-order valence-electron chi connectivity index (χ3n) is 10.3. The van der Waals surface area contributed by atoms with E-state index in [2.05, 4.69) is 99.5 Å². The summed E-state index contributed by atoms with van der Waals surface area (Å²) in [7, 11) is 0. The molecule has 0 saturated heterocycles. The molecule has 0 saturated carbocycles. The van der Waals surface area contributed by atoms with Crippen LogP contribution in [0.15, 0.2) is 58.5 Å². The van der Waals surface area contributed by atoms with Gasteiger partial charge in [-0.3, -0.25) is 28.7 Å². The van der Waals surface area contributed by atoms with E-state index < -0.39 is 23.3 Å². The summed E-state index contributed by atoms with van der Waals surface area (Å²) in [6.45, 7) is 23.5. The molecule has 8 rings (SSSR count). The van der Waals surface area contributed by atoms with Crippen molar-refractivity contribution in [2.24, 2.45) is 9.98 Å². The van der Waals surface area contributed by atoms with Crippen molar-refractivity contribution in [2.45, 2.75) is 127 Å². The molecule has 0 aliphatic carbocycles. The fourth-order valence-electron chi connectivity index (χ4n) is 7.38. The number of esters is 2. The molecule has 0 unspecified atom stereocenters. The van der Waals surface area contributed by atoms with Gasteiger partial charge in [0.15, 0.2) is 11.6 Å². The molecule has 0 spiro atoms. The third kappa shape index (κ3) is 12.6. The minimum Gasteiger partial charge on any atom is -1.00 e. The predicted octanol–water partition coefficient (Wildman–Crippen LogP) is 4.21. The average molecular weight is 1180 g/mol. The number of nitrogen functional groups attached to an aromatic ring is 1. The largest absolute Gasteiger partial charge is 1.00 e. The van der Waals surface area contributed by atoms with Gasteiger partial charge in [-0.2, -0.15) is 0 Å². The molecule has 19 heteroatoms. The molecule has 13 nitrogen and oxygen atoms in total. The number of nitrogens with two attached hydrogens (primary N) is 1. The van der Waals surface area contributed by atoms with E-state index in [0.717, 1.165) is 64.5 Å². The Morgan fingerprint density at radius 3 is 1.35 bits per heavy atom. The maximum Gasteiger partial charge on any atom is 1.00 e. The number of aryl methyl sites for hydroxylation is 4. The molecular weight excluding hydrogens is 1120 g/mol. The first-order chi connectivity index (χ1) is 29.1. The molecule has 2 atom stereocenters. The molecule has 3 radical (unpaired) electrons. The molecule has 2 aromatic carbocycles. The van der Waals surface area contributed by atoms with E-state index in [-0.39, 0.29) is 116 Å². The quantitative estimate of drug-likeness (QED) is 0.112. The first kappa shape index (κ1) is 57.7. The number of hydrogen-bond acceptors (Lipinski definition) is 13. The van der Waals surface area contributed by atoms with Gasteiger partial charge in [-0.1, -0.05) is 31.7 Å². The number of anilines is 1. The number of ether oxygens (including phenoxy) is 2. The van der Waals surface area contributed by atoms with Gasteiger partial charge in [-0.25, -0.2) is 0 Å². The van der Waals surface area contributed by atoms with E-state index >= 15 is 0 Å². The molecule has 0 amide bonds. The number of carbonyl (C=O) groups excluding carboxylic acids is 2. The van der Waals surface area contributed by atoms with E-state index in [0.29, 0.717) is 17.3 Å². The molecule has 0 bridgehead atoms. The zero-order valence-corrected chi connectivity index (χ0v) is 48.2. The Bertz CT molecular complexity index is 2580. The van der Waals surface area contributed by atoms with E-state index in [4.69, 9.17) is 25.2 Å². The minimum absolute atomic E-state index is 0. The molecule has 0 fully saturated rings. The topological polar surface area (TPSA) is 165 Å². The zero-order valence-electron chi connectivity index (χ0n) is 39.1. The number of nitrogens with zero attached hydrogens (tertiary/aromatic N) is 8. The Morgan fingerprint density at radius 2 is 1.00 bits per heavy atom. The number of carbonyl (C=O) groups is 2. The van der Waals surface area contributed by atoms with E-state index in [1.165, 1.54) is 15.3 Å². The second-order valence-electron chi connectivity index (χ2n) is 17.5. The molecule has 66 heavy (non-hydrogen) atoms. The number of halogens is 2. The van der Waals surface area contributed by atoms with Crippen LogP contribution >= 0.6 is 45.3 Å². The summed E-state index contributed by atoms with van der Waals surface area (Å²) in [6, 6.07) is 15.0. The Balaban J connectivity index is 0.000000330. The van der Waals surface area contributed by atoms with E-state index in [1.54, 1.807) is 22.7 Å². The Kier molecular flexibility index (Phi) is 20.0. The summed E-state index contributed by atoms with van der Waals surface area (Å²) in [6.07, 6.45) is 0.192. The van der Waals surface area contributed by atoms with Gasteiger partial charge in [0.2, 0.25) is 0 Å². The second kappa shape index (κ2) is 22.9. The molecule has 343 valence electrons. The number of thiophene rings is 2. The van der Waals surface area contributed by atoms with Gasteiger partial charge in [0.1, 0.15) is 44.9 Å². The van der Waals surface area contributed by atoms with Gasteiger partial charge >= 0.3 is 63.3 Å². The minimum atomic E-state index is -0.568. The van der Waals surface area contributed by atoms with Crippen molar-refractivity contribution in [3.63, 3.8) is 0 Å². The van der Waals surface area contributed by atoms with Crippen molar-refractivity contribution in [1.29, 1.82) is 0 Å². The molecule has 6 aromatic rings. The Morgan fingerprint density at radius 1 is 0.652 bits per heavy atom. The number of hydrogen-bond donors (Lipinski definition) is 1. The summed E-state index contributed by atoms with van der Waals surface area (Å²) in [4.78, 5) is 38.1. The summed E-state index contributed by atoms with van der Waals surface area (Å²) in [5, 5.41) is 19.5. The second-order valence-corrected chi connectivity index (χ2v) is 21.2. The first-order valence-corrected chi connectivity index (χ1v) is 23.1. The normalized spacial score (nSPS) is 14.7. The van der Waals surface area contributed by atoms with Crippen LogP contribution in [0.3, 0.4) is 0 Å². The van der Waals surface area contributed by atoms with Crippen LogP contribution in [0.1, 0.15) is 140 Å². The third-order valence-corrected chi connectivity index (χ3v) is 13.4. The van der Waals surface area contributed by atoms with Crippen molar-refractivity contribution in [2.75, 3.05) is 5.73 Å². The van der Waals surface area contributed by atoms with Crippen LogP contribution in [0, 0.1) is 45.1 Å². The van der Waals surface area contributed by atoms with Crippen LogP contribution in [0.25, 0.3) is 10.0 Å². The maximum absolute atomic E-state index is 12.7. The Hall–Kier alpha value is -2.64. The summed E-state index contributed by atoms with van der Waals surface area (Å²) in [5.74, 6) is 2.26. The van der Waals surface area contributed by atoms with Crippen molar-refractivity contribution >= 4 is 82.7 Å². The van der Waals surface area contributed by atoms with Gasteiger partial charge < -0.3 is 39.2 Å². The molecule has 6 heterocycles. The van der Waals surface area contributed by atoms with Gasteiger partial charge in [0.05, 0.1) is 24.3 Å². The number of aromatic nitrogens is 6. The van der Waals surface area contributed by atoms with E-state index in [9.17, 15) is 9.59 Å². The number of aliphatic imine (C=N–C) groups is 2. The maximum atomic E-state index is 12.7. The standard InChI is InChI=1S/C23H25IN4O2S.C23H27N5O2S.CH4.B.HI.K/c2*1-12-13(2)31-22-19(12)20(15-7-9-16(24)10-8-15)25-17(11-18(29)30-23(4,5)6)21-27-26-14(3)28(21)22;;;;/h7-10,17H,11H2,1-6H3;7-10,17H,11,24H2,1-6H3;1H4;;1H;/q;;;;;+1/p-1/t2*17-;;;;/m00..../s1. The smallest absolute Gasteiger partial charge is 1.00 e. The van der Waals surface area contributed by atoms with Crippen LogP contribution in [0.4, 0.5) is 5.69 Å². The van der Waals surface area contributed by atoms with Crippen LogP contribution in [0.5, 0.6) is 0 Å². The van der Waals surface area contributed by atoms with Crippen molar-refractivity contribution in [3.05, 3.63) is 119 Å². The van der Waals surface area contributed by atoms with Crippen LogP contribution < -0.4 is 81.1 Å². The SMILES string of the molecule is C.Cc1sc2c(c1C)C(c1ccc(I)cc1)=N[C@@H](CC(=O)OC(C)(C)C)c1nnc(C)n1-2.Cc1sc2c(c1C)C(c1ccc(N)cc1)=N[C@@H](CC(=O)OC(C)(C)C)c1nnc(C)n1-2.[B].[I-].[K+]. The van der Waals surface area contributed by atoms with Gasteiger partial charge in [0.25, 0.3) is 0 Å². The first-order valence-electron chi connectivity index (χ1n) is 20.4. The van der Waals surface area contributed by atoms with Crippen molar-refractivity contribution < 1.29 is 94.4 Å². The molecule has 4 aromatic heterocycles. The van der Waals surface area contributed by atoms with E-state index in [1.807, 2.05) is 84.2 Å². The summed E-state index contributed by atoms with van der Waals surface area (Å²) < 4.78 is 16.4. The van der Waals surface area contributed by atoms with Crippen LogP contribution in [-0.2, 0) is 19.1 Å². The van der Waals surface area contributed by atoms with Crippen molar-refractivity contribution in [3.8, 4) is 10.0 Å². The average Bonchev–Trinajstić information content (AvgIpc) is 3.86. The zero-order chi connectivity index (χ0) is 45.0. The van der Waals surface area contributed by atoms with Crippen LogP contribution in [-0.4, -0.2) is 72.5 Å². The van der Waals surface area contributed by atoms with Gasteiger partial charge in [-0.05, 0) is 141 Å². The fraction of sp³-hybridized carbons (Fsp3) is 0.404. The molecule has 2 N–H and O–H groups in total. The number of fused-ring (bicyclic) bond motifs is 6. The molecular formula is C47H56BI2KN9O4S2. The molecule has 2 aliphatic rings. The van der Waals surface area contributed by atoms with Crippen molar-refractivity contribution in [1.82, 2.24) is 29.5 Å². The van der Waals surface area contributed by atoms with Crippen LogP contribution in [0.2, 0.25) is 0 Å².